The maximum atomic E-state index is 11.7. The number of fused-ring (bicyclic) bond motifs is 5. The number of halogens is 1. The smallest absolute Gasteiger partial charge is 0.156 e. The Kier molecular flexibility index (Phi) is 2.93. The molecule has 0 amide bonds. The Bertz CT molecular complexity index is 518. The van der Waals surface area contributed by atoms with Gasteiger partial charge in [-0.3, -0.25) is 4.79 Å². The van der Waals surface area contributed by atoms with Gasteiger partial charge < -0.3 is 0 Å². The molecule has 2 heteroatoms. The minimum Gasteiger partial charge on any atom is -0.295 e. The fraction of sp³-hybridized carbons (Fsp3) is 0.722. The van der Waals surface area contributed by atoms with Crippen molar-refractivity contribution in [2.24, 2.45) is 29.1 Å². The fourth-order valence-electron chi connectivity index (χ4n) is 5.69. The van der Waals surface area contributed by atoms with Crippen LogP contribution in [0.3, 0.4) is 0 Å². The molecule has 2 saturated carbocycles. The average molecular weight is 291 g/mol. The highest BCUT2D eigenvalue weighted by molar-refractivity contribution is 6.32. The highest BCUT2D eigenvalue weighted by atomic mass is 35.5. The summed E-state index contributed by atoms with van der Waals surface area (Å²) in [5, 5.41) is 0.889. The highest BCUT2D eigenvalue weighted by Crippen LogP contribution is 2.61. The van der Waals surface area contributed by atoms with Gasteiger partial charge in [-0.05, 0) is 72.8 Å². The van der Waals surface area contributed by atoms with Gasteiger partial charge in [0, 0.05) is 11.5 Å². The predicted octanol–water partition coefficient (Wildman–Crippen LogP) is 4.86. The minimum absolute atomic E-state index is 0.266. The van der Waals surface area contributed by atoms with Gasteiger partial charge in [-0.2, -0.15) is 0 Å². The summed E-state index contributed by atoms with van der Waals surface area (Å²) in [6.07, 6.45) is 12.8. The molecule has 0 bridgehead atoms. The summed E-state index contributed by atoms with van der Waals surface area (Å²) in [6.45, 7) is 2.50. The van der Waals surface area contributed by atoms with E-state index in [4.69, 9.17) is 11.6 Å². The zero-order valence-electron chi connectivity index (χ0n) is 12.2. The number of carbonyl (C=O) groups excluding carboxylic acids is 1. The molecule has 20 heavy (non-hydrogen) atoms. The average Bonchev–Trinajstić information content (AvgIpc) is 2.81. The summed E-state index contributed by atoms with van der Waals surface area (Å²) >= 11 is 6.55. The molecule has 0 N–H and O–H groups in total. The summed E-state index contributed by atoms with van der Waals surface area (Å²) in [7, 11) is 0. The standard InChI is InChI=1S/C18H23ClO/c1-18-7-2-3-16(18)14-10-17(19)15-9-11(20)4-5-12(15)13(14)6-8-18/h9-10,12-14,16H,2-8H2,1H3/t12-,13-,14-,16+,18+/m1/s1. The third-order valence-corrected chi connectivity index (χ3v) is 7.06. The molecule has 1 nitrogen and oxygen atoms in total. The van der Waals surface area contributed by atoms with E-state index in [1.807, 2.05) is 6.08 Å². The van der Waals surface area contributed by atoms with Gasteiger partial charge in [0.05, 0.1) is 0 Å². The number of carbonyl (C=O) groups is 1. The first kappa shape index (κ1) is 13.1. The summed E-state index contributed by atoms with van der Waals surface area (Å²) in [5.41, 5.74) is 1.71. The largest absolute Gasteiger partial charge is 0.295 e. The zero-order chi connectivity index (χ0) is 13.9. The van der Waals surface area contributed by atoms with Crippen LogP contribution in [0.15, 0.2) is 22.8 Å². The summed E-state index contributed by atoms with van der Waals surface area (Å²) < 4.78 is 0. The quantitative estimate of drug-likeness (QED) is 0.622. The molecule has 0 aliphatic heterocycles. The maximum absolute atomic E-state index is 11.7. The normalized spacial score (nSPS) is 47.0. The molecule has 0 aromatic rings. The lowest BCUT2D eigenvalue weighted by Crippen LogP contribution is -2.43. The molecular weight excluding hydrogens is 268 g/mol. The predicted molar refractivity (Wildman–Crippen MR) is 81.4 cm³/mol. The van der Waals surface area contributed by atoms with E-state index in [0.29, 0.717) is 17.3 Å². The number of hydrogen-bond donors (Lipinski definition) is 0. The van der Waals surface area contributed by atoms with Crippen molar-refractivity contribution in [3.05, 3.63) is 22.8 Å². The van der Waals surface area contributed by atoms with Crippen LogP contribution in [0.1, 0.15) is 51.9 Å². The fourth-order valence-corrected chi connectivity index (χ4v) is 6.03. The second-order valence-electron chi connectivity index (χ2n) is 7.66. The number of ketones is 1. The highest BCUT2D eigenvalue weighted by Gasteiger charge is 2.52. The van der Waals surface area contributed by atoms with E-state index >= 15 is 0 Å². The number of rotatable bonds is 0. The monoisotopic (exact) mass is 290 g/mol. The van der Waals surface area contributed by atoms with Crippen molar-refractivity contribution in [1.29, 1.82) is 0 Å². The van der Waals surface area contributed by atoms with Crippen molar-refractivity contribution in [1.82, 2.24) is 0 Å². The Morgan fingerprint density at radius 1 is 1.25 bits per heavy atom. The molecule has 4 aliphatic rings. The zero-order valence-corrected chi connectivity index (χ0v) is 13.0. The first-order chi connectivity index (χ1) is 9.58. The second kappa shape index (κ2) is 4.47. The van der Waals surface area contributed by atoms with Gasteiger partial charge in [0.25, 0.3) is 0 Å². The van der Waals surface area contributed by atoms with Crippen molar-refractivity contribution < 1.29 is 4.79 Å². The summed E-state index contributed by atoms with van der Waals surface area (Å²) in [6, 6.07) is 0. The van der Waals surface area contributed by atoms with Gasteiger partial charge in [0.2, 0.25) is 0 Å². The molecule has 0 unspecified atom stereocenters. The van der Waals surface area contributed by atoms with Crippen LogP contribution in [0.5, 0.6) is 0 Å². The van der Waals surface area contributed by atoms with E-state index in [-0.39, 0.29) is 5.78 Å². The van der Waals surface area contributed by atoms with Crippen LogP contribution in [0.25, 0.3) is 0 Å². The molecule has 0 spiro atoms. The first-order valence-electron chi connectivity index (χ1n) is 8.21. The van der Waals surface area contributed by atoms with E-state index in [9.17, 15) is 4.79 Å². The van der Waals surface area contributed by atoms with E-state index in [1.165, 1.54) is 32.1 Å². The molecule has 0 saturated heterocycles. The SMILES string of the molecule is C[C@@]12CCC[C@H]1[C@@H]1C=C(Cl)C3=CC(=O)CC[C@@H]3[C@H]1CC2. The van der Waals surface area contributed by atoms with Gasteiger partial charge in [0.1, 0.15) is 0 Å². The van der Waals surface area contributed by atoms with Crippen LogP contribution in [-0.2, 0) is 4.79 Å². The van der Waals surface area contributed by atoms with Crippen LogP contribution < -0.4 is 0 Å². The van der Waals surface area contributed by atoms with Crippen LogP contribution in [-0.4, -0.2) is 5.78 Å². The number of allylic oxidation sites excluding steroid dienone is 4. The van der Waals surface area contributed by atoms with Crippen molar-refractivity contribution in [3.8, 4) is 0 Å². The molecular formula is C18H23ClO. The topological polar surface area (TPSA) is 17.1 Å². The van der Waals surface area contributed by atoms with Gasteiger partial charge in [-0.25, -0.2) is 0 Å². The van der Waals surface area contributed by atoms with E-state index < -0.39 is 0 Å². The van der Waals surface area contributed by atoms with E-state index in [1.54, 1.807) is 0 Å². The molecule has 0 heterocycles. The lowest BCUT2D eigenvalue weighted by Gasteiger charge is -2.51. The lowest BCUT2D eigenvalue weighted by molar-refractivity contribution is -0.115. The van der Waals surface area contributed by atoms with Crippen molar-refractivity contribution in [2.45, 2.75) is 51.9 Å². The van der Waals surface area contributed by atoms with Gasteiger partial charge >= 0.3 is 0 Å². The van der Waals surface area contributed by atoms with Gasteiger partial charge in [-0.1, -0.05) is 31.0 Å². The van der Waals surface area contributed by atoms with Crippen molar-refractivity contribution in [2.75, 3.05) is 0 Å². The lowest BCUT2D eigenvalue weighted by atomic mass is 9.54. The molecule has 0 radical (unpaired) electrons. The molecule has 4 rings (SSSR count). The Morgan fingerprint density at radius 3 is 2.95 bits per heavy atom. The summed E-state index contributed by atoms with van der Waals surface area (Å²) in [4.78, 5) is 11.7. The minimum atomic E-state index is 0.266. The molecule has 2 fully saturated rings. The second-order valence-corrected chi connectivity index (χ2v) is 8.07. The Morgan fingerprint density at radius 2 is 2.10 bits per heavy atom. The van der Waals surface area contributed by atoms with Gasteiger partial charge in [-0.15, -0.1) is 0 Å². The first-order valence-corrected chi connectivity index (χ1v) is 8.58. The third kappa shape index (κ3) is 1.78. The molecule has 4 aliphatic carbocycles. The maximum Gasteiger partial charge on any atom is 0.156 e. The van der Waals surface area contributed by atoms with Crippen LogP contribution in [0.2, 0.25) is 0 Å². The number of hydrogen-bond acceptors (Lipinski definition) is 1. The molecule has 0 aromatic carbocycles. The molecule has 108 valence electrons. The van der Waals surface area contributed by atoms with E-state index in [0.717, 1.165) is 35.3 Å². The Balaban J connectivity index is 1.75. The summed E-state index contributed by atoms with van der Waals surface area (Å²) in [5.74, 6) is 3.06. The molecule has 0 aromatic heterocycles. The van der Waals surface area contributed by atoms with E-state index in [2.05, 4.69) is 13.0 Å². The van der Waals surface area contributed by atoms with Crippen LogP contribution in [0.4, 0.5) is 0 Å². The van der Waals surface area contributed by atoms with Crippen molar-refractivity contribution in [3.63, 3.8) is 0 Å². The van der Waals surface area contributed by atoms with Gasteiger partial charge in [0.15, 0.2) is 5.78 Å². The Labute approximate surface area is 126 Å². The van der Waals surface area contributed by atoms with Crippen LogP contribution >= 0.6 is 11.6 Å². The van der Waals surface area contributed by atoms with Crippen molar-refractivity contribution >= 4 is 17.4 Å². The Hall–Kier alpha value is -0.560. The van der Waals surface area contributed by atoms with Crippen LogP contribution in [0, 0.1) is 29.1 Å². The molecule has 5 atom stereocenters. The third-order valence-electron chi connectivity index (χ3n) is 6.72.